The highest BCUT2D eigenvalue weighted by atomic mass is 19.3. The number of benzene rings is 1. The van der Waals surface area contributed by atoms with Crippen molar-refractivity contribution in [3.8, 4) is 0 Å². The average Bonchev–Trinajstić information content (AvgIpc) is 2.71. The Balaban J connectivity index is 1.93. The molecule has 1 aliphatic heterocycles. The van der Waals surface area contributed by atoms with E-state index >= 15 is 0 Å². The number of ether oxygens (including phenoxy) is 1. The zero-order chi connectivity index (χ0) is 23.0. The molecule has 0 unspecified atom stereocenters. The summed E-state index contributed by atoms with van der Waals surface area (Å²) in [5.74, 6) is -4.67. The van der Waals surface area contributed by atoms with E-state index in [2.05, 4.69) is 10.3 Å². The van der Waals surface area contributed by atoms with Crippen LogP contribution in [0.2, 0.25) is 0 Å². The number of aliphatic imine (C=N–C) groups is 1. The maximum Gasteiger partial charge on any atom is 0.293 e. The Morgan fingerprint density at radius 1 is 1.35 bits per heavy atom. The second-order valence-electron chi connectivity index (χ2n) is 7.19. The van der Waals surface area contributed by atoms with E-state index in [1.165, 1.54) is 30.5 Å². The lowest BCUT2D eigenvalue weighted by Crippen LogP contribution is -2.56. The van der Waals surface area contributed by atoms with Crippen molar-refractivity contribution in [2.45, 2.75) is 24.4 Å². The summed E-state index contributed by atoms with van der Waals surface area (Å²) in [4.78, 5) is 17.6. The number of carbonyl (C=O) groups excluding carboxylic acids is 1. The van der Waals surface area contributed by atoms with Gasteiger partial charge in [-0.3, -0.25) is 9.69 Å². The van der Waals surface area contributed by atoms with E-state index < -0.39 is 36.9 Å². The van der Waals surface area contributed by atoms with E-state index in [1.54, 1.807) is 4.90 Å². The molecule has 0 saturated carbocycles. The lowest BCUT2D eigenvalue weighted by Gasteiger charge is -2.36. The number of carbonyl (C=O) groups is 1. The zero-order valence-corrected chi connectivity index (χ0v) is 16.8. The fourth-order valence-corrected chi connectivity index (χ4v) is 2.92. The number of piperidine rings is 1. The number of halogens is 3. The predicted molar refractivity (Wildman–Crippen MR) is 109 cm³/mol. The van der Waals surface area contributed by atoms with Crippen LogP contribution in [-0.4, -0.2) is 72.8 Å². The minimum Gasteiger partial charge on any atom is -0.390 e. The van der Waals surface area contributed by atoms with Gasteiger partial charge in [-0.05, 0) is 30.7 Å². The summed E-state index contributed by atoms with van der Waals surface area (Å²) in [5, 5.41) is 11.6. The number of nitrogens with two attached hydrogens (primary N) is 3. The average molecular weight is 444 g/mol. The van der Waals surface area contributed by atoms with Crippen LogP contribution < -0.4 is 22.5 Å². The normalized spacial score (nSPS) is 21.2. The Morgan fingerprint density at radius 3 is 2.61 bits per heavy atom. The maximum atomic E-state index is 13.0. The van der Waals surface area contributed by atoms with Crippen LogP contribution in [0.3, 0.4) is 0 Å². The van der Waals surface area contributed by atoms with E-state index in [0.717, 1.165) is 0 Å². The van der Waals surface area contributed by atoms with E-state index in [0.29, 0.717) is 25.2 Å². The van der Waals surface area contributed by atoms with Gasteiger partial charge in [-0.25, -0.2) is 18.2 Å². The molecular weight excluding hydrogens is 417 g/mol. The minimum absolute atomic E-state index is 0.0460. The van der Waals surface area contributed by atoms with Gasteiger partial charge in [0.1, 0.15) is 24.9 Å². The van der Waals surface area contributed by atoms with E-state index in [-0.39, 0.29) is 24.2 Å². The molecule has 12 heteroatoms. The first kappa shape index (κ1) is 24.6. The predicted octanol–water partition coefficient (Wildman–Crippen LogP) is -0.223. The van der Waals surface area contributed by atoms with Crippen molar-refractivity contribution in [3.63, 3.8) is 0 Å². The lowest BCUT2D eigenvalue weighted by atomic mass is 10.0. The largest absolute Gasteiger partial charge is 0.390 e. The van der Waals surface area contributed by atoms with E-state index in [4.69, 9.17) is 27.0 Å². The fourth-order valence-electron chi connectivity index (χ4n) is 2.92. The molecule has 1 aromatic carbocycles. The third-order valence-corrected chi connectivity index (χ3v) is 4.62. The van der Waals surface area contributed by atoms with Crippen molar-refractivity contribution in [1.29, 1.82) is 0 Å². The first-order valence-electron chi connectivity index (χ1n) is 9.52. The molecule has 9 nitrogen and oxygen atoms in total. The highest BCUT2D eigenvalue weighted by Gasteiger charge is 2.30. The van der Waals surface area contributed by atoms with Gasteiger partial charge in [0.25, 0.3) is 11.8 Å². The summed E-state index contributed by atoms with van der Waals surface area (Å²) in [7, 11) is 0. The molecule has 1 saturated heterocycles. The molecule has 1 fully saturated rings. The summed E-state index contributed by atoms with van der Waals surface area (Å²) in [6.45, 7) is -1.33. The van der Waals surface area contributed by atoms with Gasteiger partial charge in [0.2, 0.25) is 0 Å². The second kappa shape index (κ2) is 11.1. The number of hydrogen-bond donors (Lipinski definition) is 5. The van der Waals surface area contributed by atoms with Gasteiger partial charge in [-0.15, -0.1) is 0 Å². The van der Waals surface area contributed by atoms with Crippen molar-refractivity contribution < 1.29 is 27.8 Å². The number of amides is 1. The number of nitrogens with zero attached hydrogens (tertiary/aromatic N) is 2. The number of rotatable bonds is 10. The quantitative estimate of drug-likeness (QED) is 0.190. The Morgan fingerprint density at radius 2 is 2.03 bits per heavy atom. The van der Waals surface area contributed by atoms with Crippen molar-refractivity contribution >= 4 is 17.4 Å². The van der Waals surface area contributed by atoms with Gasteiger partial charge in [-0.2, -0.15) is 0 Å². The topological polar surface area (TPSA) is 152 Å². The molecule has 8 N–H and O–H groups in total. The van der Waals surface area contributed by atoms with Gasteiger partial charge in [-0.1, -0.05) is 0 Å². The third kappa shape index (κ3) is 7.83. The number of aliphatic hydroxyl groups excluding tert-OH is 1. The summed E-state index contributed by atoms with van der Waals surface area (Å²) in [6, 6.07) is 4.59. The molecule has 31 heavy (non-hydrogen) atoms. The molecule has 0 spiro atoms. The highest BCUT2D eigenvalue weighted by molar-refractivity contribution is 6.20. The number of likely N-dealkylation sites (tertiary alicyclic amines) is 1. The molecule has 172 valence electrons. The molecular formula is C19H27F3N6O3. The van der Waals surface area contributed by atoms with Gasteiger partial charge < -0.3 is 32.4 Å². The molecule has 1 aliphatic rings. The van der Waals surface area contributed by atoms with Crippen LogP contribution in [0.1, 0.15) is 6.42 Å². The van der Waals surface area contributed by atoms with Crippen LogP contribution in [0.5, 0.6) is 0 Å². The highest BCUT2D eigenvalue weighted by Crippen LogP contribution is 2.15. The first-order valence-corrected chi connectivity index (χ1v) is 9.52. The molecule has 0 aromatic heterocycles. The number of amidine groups is 1. The number of primary amides is 1. The fraction of sp³-hybridized carbons (Fsp3) is 0.474. The van der Waals surface area contributed by atoms with Crippen LogP contribution in [0.25, 0.3) is 0 Å². The van der Waals surface area contributed by atoms with Crippen LogP contribution >= 0.6 is 0 Å². The first-order chi connectivity index (χ1) is 14.6. The number of nitrogens with one attached hydrogen (secondary N) is 1. The van der Waals surface area contributed by atoms with Crippen LogP contribution in [0, 0.1) is 5.82 Å². The van der Waals surface area contributed by atoms with Crippen molar-refractivity contribution in [1.82, 2.24) is 10.2 Å². The van der Waals surface area contributed by atoms with E-state index in [1.807, 2.05) is 0 Å². The molecule has 1 heterocycles. The van der Waals surface area contributed by atoms with Crippen LogP contribution in [0.4, 0.5) is 18.9 Å². The van der Waals surface area contributed by atoms with Crippen molar-refractivity contribution in [2.24, 2.45) is 22.2 Å². The molecule has 0 aliphatic carbocycles. The van der Waals surface area contributed by atoms with Gasteiger partial charge in [0, 0.05) is 31.4 Å². The second-order valence-corrected chi connectivity index (χ2v) is 7.19. The lowest BCUT2D eigenvalue weighted by molar-refractivity contribution is -0.125. The van der Waals surface area contributed by atoms with Crippen LogP contribution in [0.15, 0.2) is 41.0 Å². The van der Waals surface area contributed by atoms with E-state index in [9.17, 15) is 18.0 Å². The maximum absolute atomic E-state index is 13.0. The summed E-state index contributed by atoms with van der Waals surface area (Å²) >= 11 is 0. The van der Waals surface area contributed by atoms with Crippen molar-refractivity contribution in [2.75, 3.05) is 33.0 Å². The zero-order valence-electron chi connectivity index (χ0n) is 16.8. The summed E-state index contributed by atoms with van der Waals surface area (Å²) < 4.78 is 43.9. The molecule has 1 aromatic rings. The molecule has 2 atom stereocenters. The minimum atomic E-state index is -3.28. The SMILES string of the molecule is NC(=O)/C(=C/N[C@@H]1CCN(COCC(F)(F)CO)C[C@H]1N)C(N)=Nc1ccc(F)cc1. The number of hydrogen-bond acceptors (Lipinski definition) is 7. The molecule has 0 radical (unpaired) electrons. The van der Waals surface area contributed by atoms with Gasteiger partial charge in [0.15, 0.2) is 0 Å². The molecule has 2 rings (SSSR count). The summed E-state index contributed by atoms with van der Waals surface area (Å²) in [6.07, 6.45) is 1.88. The Kier molecular flexibility index (Phi) is 8.80. The third-order valence-electron chi connectivity index (χ3n) is 4.62. The summed E-state index contributed by atoms with van der Waals surface area (Å²) in [5.41, 5.74) is 17.7. The molecule has 1 amide bonds. The smallest absolute Gasteiger partial charge is 0.293 e. The Labute approximate surface area is 177 Å². The van der Waals surface area contributed by atoms with Gasteiger partial charge >= 0.3 is 0 Å². The van der Waals surface area contributed by atoms with Gasteiger partial charge in [0.05, 0.1) is 18.0 Å². The number of alkyl halides is 2. The Bertz CT molecular complexity index is 804. The molecule has 0 bridgehead atoms. The number of aliphatic hydroxyl groups is 1. The van der Waals surface area contributed by atoms with Crippen LogP contribution in [-0.2, 0) is 9.53 Å². The Hall–Kier alpha value is -2.67. The standard InChI is InChI=1S/C19H27F3N6O3/c20-12-1-3-13(4-2-12)27-17(24)14(18(25)30)7-26-16-5-6-28(8-15(16)23)11-31-10-19(21,22)9-29/h1-4,7,15-16,26,29H,5-6,8-11,23H2,(H2,24,27)(H2,25,30)/b14-7+/t15-,16-/m1/s1. The van der Waals surface area contributed by atoms with Crippen molar-refractivity contribution in [3.05, 3.63) is 41.9 Å². The monoisotopic (exact) mass is 444 g/mol.